The van der Waals surface area contributed by atoms with Gasteiger partial charge < -0.3 is 9.73 Å². The van der Waals surface area contributed by atoms with Gasteiger partial charge in [-0.15, -0.1) is 0 Å². The quantitative estimate of drug-likeness (QED) is 0.220. The average molecular weight is 539 g/mol. The van der Waals surface area contributed by atoms with Crippen LogP contribution in [0.5, 0.6) is 0 Å². The van der Waals surface area contributed by atoms with Gasteiger partial charge in [0.05, 0.1) is 10.9 Å². The number of carbonyl (C=O) groups excluding carboxylic acids is 2. The van der Waals surface area contributed by atoms with Gasteiger partial charge in [0.1, 0.15) is 17.4 Å². The number of para-hydroxylation sites is 2. The zero-order chi connectivity index (χ0) is 27.1. The first-order chi connectivity index (χ1) is 18.3. The Morgan fingerprint density at radius 3 is 2.42 bits per heavy atom. The van der Waals surface area contributed by atoms with Crippen LogP contribution in [0.3, 0.4) is 0 Å². The molecule has 1 fully saturated rings. The van der Waals surface area contributed by atoms with E-state index in [1.54, 1.807) is 49.4 Å². The first kappa shape index (κ1) is 27.5. The highest BCUT2D eigenvalue weighted by molar-refractivity contribution is 7.90. The Morgan fingerprint density at radius 2 is 1.74 bits per heavy atom. The largest absolute Gasteiger partial charge is 0.434 e. The van der Waals surface area contributed by atoms with E-state index >= 15 is 0 Å². The van der Waals surface area contributed by atoms with Crippen LogP contribution in [0.4, 0.5) is 0 Å². The van der Waals surface area contributed by atoms with E-state index in [1.165, 1.54) is 25.5 Å². The van der Waals surface area contributed by atoms with Gasteiger partial charge in [0, 0.05) is 0 Å². The molecule has 1 heterocycles. The number of aromatic nitrogens is 1. The van der Waals surface area contributed by atoms with Crippen LogP contribution < -0.4 is 10.0 Å². The molecule has 0 radical (unpaired) electrons. The van der Waals surface area contributed by atoms with Gasteiger partial charge in [-0.05, 0) is 49.9 Å². The van der Waals surface area contributed by atoms with E-state index in [0.29, 0.717) is 29.9 Å². The van der Waals surface area contributed by atoms with Crippen molar-refractivity contribution in [2.75, 3.05) is 0 Å². The summed E-state index contributed by atoms with van der Waals surface area (Å²) in [6, 6.07) is 13.4. The number of oxazole rings is 1. The number of fused-ring (bicyclic) bond motifs is 1. The summed E-state index contributed by atoms with van der Waals surface area (Å²) < 4.78 is 33.6. The predicted octanol–water partition coefficient (Wildman–Crippen LogP) is 4.64. The summed E-state index contributed by atoms with van der Waals surface area (Å²) in [4.78, 5) is 35.5. The van der Waals surface area contributed by atoms with E-state index in [9.17, 15) is 18.0 Å². The molecule has 38 heavy (non-hydrogen) atoms. The summed E-state index contributed by atoms with van der Waals surface area (Å²) in [5, 5.41) is 2.83. The molecule has 1 saturated carbocycles. The molecular weight excluding hydrogens is 504 g/mol. The molecule has 3 aromatic rings. The van der Waals surface area contributed by atoms with Gasteiger partial charge in [-0.3, -0.25) is 19.3 Å². The molecule has 202 valence electrons. The number of ketones is 1. The number of hydrogen-bond acceptors (Lipinski definition) is 7. The normalized spacial score (nSPS) is 16.6. The molecule has 1 aromatic heterocycles. The first-order valence-corrected chi connectivity index (χ1v) is 14.6. The van der Waals surface area contributed by atoms with Gasteiger partial charge in [-0.25, -0.2) is 13.4 Å². The molecule has 10 heteroatoms. The van der Waals surface area contributed by atoms with Crippen LogP contribution in [0.1, 0.15) is 69.5 Å². The summed E-state index contributed by atoms with van der Waals surface area (Å²) in [7, 11) is -3.84. The van der Waals surface area contributed by atoms with Crippen LogP contribution in [0.25, 0.3) is 11.1 Å². The molecule has 0 saturated heterocycles. The van der Waals surface area contributed by atoms with Crippen molar-refractivity contribution in [2.24, 2.45) is 10.9 Å². The number of amides is 1. The molecule has 1 aliphatic rings. The highest BCUT2D eigenvalue weighted by atomic mass is 32.2. The third-order valence-corrected chi connectivity index (χ3v) is 8.27. The number of hydrogen-bond donors (Lipinski definition) is 2. The smallest absolute Gasteiger partial charge is 0.266 e. The second-order valence-electron chi connectivity index (χ2n) is 9.71. The lowest BCUT2D eigenvalue weighted by molar-refractivity contribution is -0.123. The van der Waals surface area contributed by atoms with Crippen molar-refractivity contribution in [3.05, 3.63) is 60.5 Å². The number of rotatable bonds is 10. The number of sulfonamides is 1. The minimum absolute atomic E-state index is 0.0579. The molecule has 4 rings (SSSR count). The van der Waals surface area contributed by atoms with Crippen molar-refractivity contribution >= 4 is 38.6 Å². The number of Topliss-reactive ketones (excluding diaryl/α,β-unsaturated/α-hetero) is 1. The maximum atomic E-state index is 13.5. The van der Waals surface area contributed by atoms with Crippen molar-refractivity contribution in [3.63, 3.8) is 0 Å². The van der Waals surface area contributed by atoms with Gasteiger partial charge in [0.15, 0.2) is 5.58 Å². The van der Waals surface area contributed by atoms with Gasteiger partial charge >= 0.3 is 0 Å². The van der Waals surface area contributed by atoms with Gasteiger partial charge in [-0.2, -0.15) is 0 Å². The standard InChI is InChI=1S/C28H34N4O5S/c1-3-22(26(33)28-31-23-16-10-11-17-25(23)37-28)30-27(34)24(18-20-12-6-4-7-13-20)29-19(2)32-38(35,36)21-14-8-5-9-15-21/h5,8-11,14-17,20,22,24H,3-4,6-7,12-13,18H2,1-2H3,(H,29,32)(H,30,34)/t22?,24-/m0/s1. The van der Waals surface area contributed by atoms with Crippen molar-refractivity contribution in [2.45, 2.75) is 75.8 Å². The molecule has 0 spiro atoms. The number of nitrogens with zero attached hydrogens (tertiary/aromatic N) is 2. The van der Waals surface area contributed by atoms with E-state index in [4.69, 9.17) is 4.42 Å². The number of benzene rings is 2. The number of nitrogens with one attached hydrogen (secondary N) is 2. The summed E-state index contributed by atoms with van der Waals surface area (Å²) >= 11 is 0. The first-order valence-electron chi connectivity index (χ1n) is 13.1. The minimum atomic E-state index is -3.84. The third-order valence-electron chi connectivity index (χ3n) is 6.81. The van der Waals surface area contributed by atoms with Crippen LogP contribution in [0.15, 0.2) is 68.9 Å². The Labute approximate surface area is 223 Å². The summed E-state index contributed by atoms with van der Waals surface area (Å²) in [6.07, 6.45) is 6.16. The van der Waals surface area contributed by atoms with Crippen molar-refractivity contribution in [3.8, 4) is 0 Å². The maximum absolute atomic E-state index is 13.5. The van der Waals surface area contributed by atoms with Crippen molar-refractivity contribution in [1.82, 2.24) is 15.0 Å². The third kappa shape index (κ3) is 6.86. The minimum Gasteiger partial charge on any atom is -0.434 e. The summed E-state index contributed by atoms with van der Waals surface area (Å²) in [6.45, 7) is 3.33. The van der Waals surface area contributed by atoms with Crippen LogP contribution >= 0.6 is 0 Å². The van der Waals surface area contributed by atoms with E-state index in [0.717, 1.165) is 25.7 Å². The zero-order valence-corrected chi connectivity index (χ0v) is 22.5. The van der Waals surface area contributed by atoms with Crippen molar-refractivity contribution < 1.29 is 22.4 Å². The van der Waals surface area contributed by atoms with Crippen LogP contribution in [-0.2, 0) is 14.8 Å². The fourth-order valence-corrected chi connectivity index (χ4v) is 5.89. The average Bonchev–Trinajstić information content (AvgIpc) is 3.36. The molecule has 0 bridgehead atoms. The molecular formula is C28H34N4O5S. The van der Waals surface area contributed by atoms with Crippen LogP contribution in [-0.4, -0.2) is 43.0 Å². The molecule has 2 atom stereocenters. The number of carbonyl (C=O) groups is 2. The molecule has 2 N–H and O–H groups in total. The molecule has 1 unspecified atom stereocenters. The molecule has 2 aromatic carbocycles. The van der Waals surface area contributed by atoms with Gasteiger partial charge in [0.25, 0.3) is 15.9 Å². The second kappa shape index (κ2) is 12.3. The fourth-order valence-electron chi connectivity index (χ4n) is 4.82. The lowest BCUT2D eigenvalue weighted by atomic mass is 9.84. The molecule has 1 aliphatic carbocycles. The van der Waals surface area contributed by atoms with Crippen LogP contribution in [0.2, 0.25) is 0 Å². The summed E-state index contributed by atoms with van der Waals surface area (Å²) in [5.41, 5.74) is 1.07. The Bertz CT molecular complexity index is 1360. The van der Waals surface area contributed by atoms with Crippen molar-refractivity contribution in [1.29, 1.82) is 0 Å². The lowest BCUT2D eigenvalue weighted by Gasteiger charge is -2.25. The van der Waals surface area contributed by atoms with E-state index < -0.39 is 33.8 Å². The molecule has 9 nitrogen and oxygen atoms in total. The molecule has 1 amide bonds. The van der Waals surface area contributed by atoms with Gasteiger partial charge in [-0.1, -0.05) is 69.4 Å². The Kier molecular flexibility index (Phi) is 8.93. The second-order valence-corrected chi connectivity index (χ2v) is 11.4. The highest BCUT2D eigenvalue weighted by Crippen LogP contribution is 2.28. The highest BCUT2D eigenvalue weighted by Gasteiger charge is 2.30. The fraction of sp³-hybridized carbons (Fsp3) is 0.429. The zero-order valence-electron chi connectivity index (χ0n) is 21.7. The molecule has 0 aliphatic heterocycles. The van der Waals surface area contributed by atoms with E-state index in [-0.39, 0.29) is 16.6 Å². The summed E-state index contributed by atoms with van der Waals surface area (Å²) in [5.74, 6) is -0.487. The van der Waals surface area contributed by atoms with Gasteiger partial charge in [0.2, 0.25) is 11.7 Å². The predicted molar refractivity (Wildman–Crippen MR) is 145 cm³/mol. The number of aliphatic imine (C=N–C) groups is 1. The Balaban J connectivity index is 1.52. The van der Waals surface area contributed by atoms with Crippen LogP contribution in [0, 0.1) is 5.92 Å². The van der Waals surface area contributed by atoms with E-state index in [2.05, 4.69) is 20.0 Å². The SMILES string of the molecule is CCC(NC(=O)[C@H](CC1CCCCC1)N=C(C)NS(=O)(=O)c1ccccc1)C(=O)c1nc2ccccc2o1. The maximum Gasteiger partial charge on any atom is 0.266 e. The lowest BCUT2D eigenvalue weighted by Crippen LogP contribution is -2.46. The monoisotopic (exact) mass is 538 g/mol. The Hall–Kier alpha value is -3.53. The number of amidine groups is 1. The topological polar surface area (TPSA) is 131 Å². The van der Waals surface area contributed by atoms with E-state index in [1.807, 2.05) is 0 Å². The Morgan fingerprint density at radius 1 is 1.05 bits per heavy atom.